The summed E-state index contributed by atoms with van der Waals surface area (Å²) in [5.74, 6) is 0.722. The van der Waals surface area contributed by atoms with Gasteiger partial charge < -0.3 is 10.2 Å². The highest BCUT2D eigenvalue weighted by Crippen LogP contribution is 2.24. The minimum atomic E-state index is 0.000799. The molecule has 1 aliphatic rings. The molecule has 1 atom stereocenters. The Morgan fingerprint density at radius 3 is 2.75 bits per heavy atom. The second-order valence-electron chi connectivity index (χ2n) is 7.13. The van der Waals surface area contributed by atoms with E-state index in [4.69, 9.17) is 0 Å². The average molecular weight is 330 g/mol. The zero-order valence-corrected chi connectivity index (χ0v) is 15.2. The highest BCUT2D eigenvalue weighted by molar-refractivity contribution is 6.00. The highest BCUT2D eigenvalue weighted by Gasteiger charge is 2.29. The maximum absolute atomic E-state index is 12.9. The minimum Gasteiger partial charge on any atom is -0.384 e. The van der Waals surface area contributed by atoms with Crippen molar-refractivity contribution in [3.8, 4) is 0 Å². The van der Waals surface area contributed by atoms with Gasteiger partial charge in [0.15, 0.2) is 0 Å². The summed E-state index contributed by atoms with van der Waals surface area (Å²) >= 11 is 0. The molecule has 24 heavy (non-hydrogen) atoms. The van der Waals surface area contributed by atoms with Crippen LogP contribution in [0.5, 0.6) is 0 Å². The standard InChI is InChI=1S/C20H30N2O2/c1-4-11-21-18-10-6-5-9-17(18)20(24)22-12-7-8-16(14-22)19(23)13-15(2)3/h5-6,9-10,15-16,21H,4,7-8,11-14H2,1-3H3. The summed E-state index contributed by atoms with van der Waals surface area (Å²) in [7, 11) is 0. The molecule has 1 heterocycles. The largest absolute Gasteiger partial charge is 0.384 e. The van der Waals surface area contributed by atoms with Gasteiger partial charge in [0.25, 0.3) is 5.91 Å². The van der Waals surface area contributed by atoms with E-state index < -0.39 is 0 Å². The van der Waals surface area contributed by atoms with E-state index in [0.717, 1.165) is 38.0 Å². The number of rotatable bonds is 7. The van der Waals surface area contributed by atoms with Crippen LogP contribution >= 0.6 is 0 Å². The van der Waals surface area contributed by atoms with Gasteiger partial charge in [0.1, 0.15) is 5.78 Å². The molecular formula is C20H30N2O2. The summed E-state index contributed by atoms with van der Waals surface area (Å²) in [6.45, 7) is 8.39. The van der Waals surface area contributed by atoms with Crippen molar-refractivity contribution in [3.05, 3.63) is 29.8 Å². The number of nitrogens with zero attached hydrogens (tertiary/aromatic N) is 1. The van der Waals surface area contributed by atoms with Crippen molar-refractivity contribution in [3.63, 3.8) is 0 Å². The van der Waals surface area contributed by atoms with Crippen molar-refractivity contribution in [2.24, 2.45) is 11.8 Å². The fourth-order valence-electron chi connectivity index (χ4n) is 3.25. The molecule has 0 bridgehead atoms. The number of nitrogens with one attached hydrogen (secondary N) is 1. The molecule has 1 aliphatic heterocycles. The molecular weight excluding hydrogens is 300 g/mol. The molecule has 0 saturated carbocycles. The summed E-state index contributed by atoms with van der Waals surface area (Å²) < 4.78 is 0. The normalized spacial score (nSPS) is 17.8. The van der Waals surface area contributed by atoms with E-state index in [1.165, 1.54) is 0 Å². The summed E-state index contributed by atoms with van der Waals surface area (Å²) in [5.41, 5.74) is 1.60. The molecule has 0 aliphatic carbocycles. The number of para-hydroxylation sites is 1. The Hall–Kier alpha value is -1.84. The predicted molar refractivity (Wildman–Crippen MR) is 98.3 cm³/mol. The van der Waals surface area contributed by atoms with E-state index in [1.54, 1.807) is 0 Å². The third-order valence-corrected chi connectivity index (χ3v) is 4.50. The number of ketones is 1. The van der Waals surface area contributed by atoms with E-state index in [1.807, 2.05) is 29.2 Å². The molecule has 2 rings (SSSR count). The Morgan fingerprint density at radius 1 is 1.29 bits per heavy atom. The van der Waals surface area contributed by atoms with Crippen molar-refractivity contribution in [2.75, 3.05) is 25.0 Å². The quantitative estimate of drug-likeness (QED) is 0.823. The van der Waals surface area contributed by atoms with Gasteiger partial charge in [0, 0.05) is 37.7 Å². The summed E-state index contributed by atoms with van der Waals surface area (Å²) in [5, 5.41) is 3.33. The van der Waals surface area contributed by atoms with E-state index >= 15 is 0 Å². The van der Waals surface area contributed by atoms with Gasteiger partial charge in [-0.2, -0.15) is 0 Å². The van der Waals surface area contributed by atoms with E-state index in [2.05, 4.69) is 26.1 Å². The molecule has 1 saturated heterocycles. The van der Waals surface area contributed by atoms with Crippen LogP contribution in [0.25, 0.3) is 0 Å². The molecule has 0 radical (unpaired) electrons. The summed E-state index contributed by atoms with van der Waals surface area (Å²) in [6.07, 6.45) is 3.44. The van der Waals surface area contributed by atoms with Crippen molar-refractivity contribution < 1.29 is 9.59 Å². The number of hydrogen-bond donors (Lipinski definition) is 1. The smallest absolute Gasteiger partial charge is 0.255 e. The topological polar surface area (TPSA) is 49.4 Å². The molecule has 0 aromatic heterocycles. The molecule has 132 valence electrons. The number of hydrogen-bond acceptors (Lipinski definition) is 3. The zero-order valence-electron chi connectivity index (χ0n) is 15.2. The Kier molecular flexibility index (Phi) is 6.83. The molecule has 1 amide bonds. The first kappa shape index (κ1) is 18.5. The number of anilines is 1. The Labute approximate surface area is 145 Å². The Bertz CT molecular complexity index is 569. The second-order valence-corrected chi connectivity index (χ2v) is 7.13. The molecule has 1 aromatic carbocycles. The fourth-order valence-corrected chi connectivity index (χ4v) is 3.25. The number of likely N-dealkylation sites (tertiary alicyclic amines) is 1. The Balaban J connectivity index is 2.08. The van der Waals surface area contributed by atoms with Crippen molar-refractivity contribution >= 4 is 17.4 Å². The predicted octanol–water partition coefficient (Wildman–Crippen LogP) is 3.98. The SMILES string of the molecule is CCCNc1ccccc1C(=O)N1CCCC(C(=O)CC(C)C)C1. The molecule has 1 fully saturated rings. The van der Waals surface area contributed by atoms with Gasteiger partial charge in [-0.3, -0.25) is 9.59 Å². The maximum atomic E-state index is 12.9. The van der Waals surface area contributed by atoms with Crippen LogP contribution in [0.2, 0.25) is 0 Å². The van der Waals surface area contributed by atoms with Crippen molar-refractivity contribution in [1.82, 2.24) is 4.90 Å². The highest BCUT2D eigenvalue weighted by atomic mass is 16.2. The lowest BCUT2D eigenvalue weighted by atomic mass is 9.89. The van der Waals surface area contributed by atoms with Crippen LogP contribution in [0.3, 0.4) is 0 Å². The van der Waals surface area contributed by atoms with Crippen molar-refractivity contribution in [2.45, 2.75) is 46.5 Å². The molecule has 1 unspecified atom stereocenters. The van der Waals surface area contributed by atoms with Crippen LogP contribution in [0.15, 0.2) is 24.3 Å². The average Bonchev–Trinajstić information content (AvgIpc) is 2.59. The number of Topliss-reactive ketones (excluding diaryl/α,β-unsaturated/α-hetero) is 1. The lowest BCUT2D eigenvalue weighted by molar-refractivity contribution is -0.124. The minimum absolute atomic E-state index is 0.000799. The number of benzene rings is 1. The van der Waals surface area contributed by atoms with Gasteiger partial charge in [0.2, 0.25) is 0 Å². The van der Waals surface area contributed by atoms with Crippen LogP contribution in [0.1, 0.15) is 56.8 Å². The third-order valence-electron chi connectivity index (χ3n) is 4.50. The second kappa shape index (κ2) is 8.86. The van der Waals surface area contributed by atoms with E-state index in [9.17, 15) is 9.59 Å². The summed E-state index contributed by atoms with van der Waals surface area (Å²) in [4.78, 5) is 27.2. The number of amides is 1. The van der Waals surface area contributed by atoms with E-state index in [0.29, 0.717) is 30.2 Å². The van der Waals surface area contributed by atoms with Gasteiger partial charge in [-0.1, -0.05) is 32.9 Å². The Morgan fingerprint density at radius 2 is 2.04 bits per heavy atom. The first-order valence-electron chi connectivity index (χ1n) is 9.17. The van der Waals surface area contributed by atoms with Crippen molar-refractivity contribution in [1.29, 1.82) is 0 Å². The number of carbonyl (C=O) groups excluding carboxylic acids is 2. The van der Waals surface area contributed by atoms with Crippen LogP contribution in [-0.4, -0.2) is 36.2 Å². The lowest BCUT2D eigenvalue weighted by Crippen LogP contribution is -2.42. The summed E-state index contributed by atoms with van der Waals surface area (Å²) in [6, 6.07) is 7.67. The van der Waals surface area contributed by atoms with Gasteiger partial charge in [-0.15, -0.1) is 0 Å². The van der Waals surface area contributed by atoms with Crippen LogP contribution in [-0.2, 0) is 4.79 Å². The van der Waals surface area contributed by atoms with Gasteiger partial charge in [-0.05, 0) is 37.3 Å². The molecule has 4 nitrogen and oxygen atoms in total. The molecule has 0 spiro atoms. The zero-order chi connectivity index (χ0) is 17.5. The van der Waals surface area contributed by atoms with Crippen LogP contribution in [0.4, 0.5) is 5.69 Å². The third kappa shape index (κ3) is 4.83. The fraction of sp³-hybridized carbons (Fsp3) is 0.600. The maximum Gasteiger partial charge on any atom is 0.255 e. The van der Waals surface area contributed by atoms with Crippen LogP contribution < -0.4 is 5.32 Å². The lowest BCUT2D eigenvalue weighted by Gasteiger charge is -2.33. The van der Waals surface area contributed by atoms with Gasteiger partial charge in [0.05, 0.1) is 5.56 Å². The monoisotopic (exact) mass is 330 g/mol. The van der Waals surface area contributed by atoms with Gasteiger partial charge in [-0.25, -0.2) is 0 Å². The number of piperidine rings is 1. The molecule has 4 heteroatoms. The van der Waals surface area contributed by atoms with E-state index in [-0.39, 0.29) is 11.8 Å². The molecule has 1 aromatic rings. The first-order valence-corrected chi connectivity index (χ1v) is 9.17. The first-order chi connectivity index (χ1) is 11.5. The van der Waals surface area contributed by atoms with Gasteiger partial charge >= 0.3 is 0 Å². The number of carbonyl (C=O) groups is 2. The van der Waals surface area contributed by atoms with Crippen LogP contribution in [0, 0.1) is 11.8 Å². The molecule has 1 N–H and O–H groups in total.